The lowest BCUT2D eigenvalue weighted by Crippen LogP contribution is -2.22. The van der Waals surface area contributed by atoms with Crippen molar-refractivity contribution in [3.8, 4) is 0 Å². The first-order chi connectivity index (χ1) is 11.7. The monoisotopic (exact) mass is 359 g/mol. The summed E-state index contributed by atoms with van der Waals surface area (Å²) in [6.45, 7) is 0. The highest BCUT2D eigenvalue weighted by Gasteiger charge is 2.18. The summed E-state index contributed by atoms with van der Waals surface area (Å²) >= 11 is 0. The molecule has 0 amide bonds. The van der Waals surface area contributed by atoms with Crippen LogP contribution in [0.1, 0.15) is 26.3 Å². The van der Waals surface area contributed by atoms with Crippen molar-refractivity contribution in [3.63, 3.8) is 0 Å². The Morgan fingerprint density at radius 1 is 1.00 bits per heavy atom. The van der Waals surface area contributed by atoms with E-state index in [9.17, 15) is 18.0 Å². The quantitative estimate of drug-likeness (QED) is 0.632. The molecule has 0 atom stereocenters. The van der Waals surface area contributed by atoms with Gasteiger partial charge >= 0.3 is 5.97 Å². The molecule has 7 heteroatoms. The molecule has 25 heavy (non-hydrogen) atoms. The van der Waals surface area contributed by atoms with Crippen molar-refractivity contribution >= 4 is 27.9 Å². The summed E-state index contributed by atoms with van der Waals surface area (Å²) in [4.78, 5) is 23.1. The minimum atomic E-state index is -3.61. The summed E-state index contributed by atoms with van der Waals surface area (Å²) in [5.74, 6) is -1.37. The number of aromatic carboxylic acids is 1. The van der Waals surface area contributed by atoms with Crippen LogP contribution < -0.4 is 0 Å². The highest BCUT2D eigenvalue weighted by molar-refractivity contribution is 7.89. The van der Waals surface area contributed by atoms with Crippen molar-refractivity contribution in [2.24, 2.45) is 0 Å². The van der Waals surface area contributed by atoms with Crippen LogP contribution in [-0.4, -0.2) is 43.7 Å². The van der Waals surface area contributed by atoms with E-state index in [-0.39, 0.29) is 21.8 Å². The van der Waals surface area contributed by atoms with Crippen LogP contribution >= 0.6 is 0 Å². The van der Waals surface area contributed by atoms with E-state index in [1.54, 1.807) is 18.2 Å². The summed E-state index contributed by atoms with van der Waals surface area (Å²) in [5, 5.41) is 8.85. The molecule has 0 fully saturated rings. The molecule has 2 aromatic carbocycles. The Balaban J connectivity index is 2.22. The molecule has 0 heterocycles. The van der Waals surface area contributed by atoms with Gasteiger partial charge in [0.25, 0.3) is 0 Å². The topological polar surface area (TPSA) is 91.8 Å². The zero-order valence-corrected chi connectivity index (χ0v) is 14.5. The molecule has 0 spiro atoms. The number of carbonyl (C=O) groups is 2. The van der Waals surface area contributed by atoms with Gasteiger partial charge in [-0.2, -0.15) is 0 Å². The summed E-state index contributed by atoms with van der Waals surface area (Å²) in [6.07, 6.45) is 2.86. The maximum absolute atomic E-state index is 12.3. The first-order valence-electron chi connectivity index (χ1n) is 7.30. The molecule has 0 aliphatic carbocycles. The fourth-order valence-electron chi connectivity index (χ4n) is 2.03. The number of carboxylic acid groups (broad SMARTS) is 1. The van der Waals surface area contributed by atoms with Gasteiger partial charge in [-0.05, 0) is 35.9 Å². The lowest BCUT2D eigenvalue weighted by Gasteiger charge is -2.11. The van der Waals surface area contributed by atoms with Crippen molar-refractivity contribution < 1.29 is 23.1 Å². The maximum Gasteiger partial charge on any atom is 0.335 e. The number of sulfonamides is 1. The van der Waals surface area contributed by atoms with E-state index in [1.165, 1.54) is 56.6 Å². The maximum atomic E-state index is 12.3. The highest BCUT2D eigenvalue weighted by Crippen LogP contribution is 2.16. The first-order valence-corrected chi connectivity index (χ1v) is 8.74. The predicted octanol–water partition coefficient (Wildman–Crippen LogP) is 2.53. The average molecular weight is 359 g/mol. The number of allylic oxidation sites excluding steroid dienone is 1. The molecule has 0 aliphatic rings. The van der Waals surface area contributed by atoms with Gasteiger partial charge in [-0.3, -0.25) is 4.79 Å². The zero-order valence-electron chi connectivity index (χ0n) is 13.7. The average Bonchev–Trinajstić information content (AvgIpc) is 2.60. The van der Waals surface area contributed by atoms with E-state index in [1.807, 2.05) is 0 Å². The van der Waals surface area contributed by atoms with E-state index in [0.717, 1.165) is 4.31 Å². The molecule has 0 saturated carbocycles. The standard InChI is InChI=1S/C18H17NO5S/c1-19(2)25(23,24)16-5-3-4-15(12-16)17(20)11-8-13-6-9-14(10-7-13)18(21)22/h3-12H,1-2H3,(H,21,22)/b11-8+. The lowest BCUT2D eigenvalue weighted by molar-refractivity contribution is 0.0696. The Hall–Kier alpha value is -2.77. The molecule has 0 radical (unpaired) electrons. The minimum absolute atomic E-state index is 0.0440. The lowest BCUT2D eigenvalue weighted by atomic mass is 10.1. The van der Waals surface area contributed by atoms with Crippen molar-refractivity contribution in [1.29, 1.82) is 0 Å². The Morgan fingerprint density at radius 3 is 2.20 bits per heavy atom. The van der Waals surface area contributed by atoms with Crippen LogP contribution in [0.15, 0.2) is 59.5 Å². The molecule has 0 saturated heterocycles. The smallest absolute Gasteiger partial charge is 0.335 e. The number of carbonyl (C=O) groups excluding carboxylic acids is 1. The molecule has 0 bridgehead atoms. The zero-order chi connectivity index (χ0) is 18.6. The van der Waals surface area contributed by atoms with Gasteiger partial charge in [0.1, 0.15) is 0 Å². The van der Waals surface area contributed by atoms with Crippen molar-refractivity contribution in [2.45, 2.75) is 4.90 Å². The van der Waals surface area contributed by atoms with Gasteiger partial charge in [-0.15, -0.1) is 0 Å². The van der Waals surface area contributed by atoms with E-state index in [0.29, 0.717) is 5.56 Å². The molecule has 0 unspecified atom stereocenters. The van der Waals surface area contributed by atoms with Crippen LogP contribution in [0.3, 0.4) is 0 Å². The SMILES string of the molecule is CN(C)S(=O)(=O)c1cccc(C(=O)/C=C/c2ccc(C(=O)O)cc2)c1. The Kier molecular flexibility index (Phi) is 5.51. The van der Waals surface area contributed by atoms with Crippen LogP contribution in [-0.2, 0) is 10.0 Å². The van der Waals surface area contributed by atoms with Gasteiger partial charge in [0.2, 0.25) is 10.0 Å². The van der Waals surface area contributed by atoms with E-state index in [2.05, 4.69) is 0 Å². The fraction of sp³-hybridized carbons (Fsp3) is 0.111. The first kappa shape index (κ1) is 18.6. The number of carboxylic acids is 1. The fourth-order valence-corrected chi connectivity index (χ4v) is 2.97. The summed E-state index contributed by atoms with van der Waals surface area (Å²) in [6, 6.07) is 11.9. The number of hydrogen-bond acceptors (Lipinski definition) is 4. The van der Waals surface area contributed by atoms with Gasteiger partial charge in [0.05, 0.1) is 10.5 Å². The molecular formula is C18H17NO5S. The number of ketones is 1. The van der Waals surface area contributed by atoms with Crippen LogP contribution in [0, 0.1) is 0 Å². The normalized spacial score (nSPS) is 11.8. The van der Waals surface area contributed by atoms with E-state index < -0.39 is 16.0 Å². The van der Waals surface area contributed by atoms with Crippen LogP contribution in [0.2, 0.25) is 0 Å². The van der Waals surface area contributed by atoms with Crippen molar-refractivity contribution in [2.75, 3.05) is 14.1 Å². The van der Waals surface area contributed by atoms with Gasteiger partial charge in [0, 0.05) is 19.7 Å². The van der Waals surface area contributed by atoms with Crippen LogP contribution in [0.5, 0.6) is 0 Å². The van der Waals surface area contributed by atoms with E-state index in [4.69, 9.17) is 5.11 Å². The molecular weight excluding hydrogens is 342 g/mol. The van der Waals surface area contributed by atoms with Gasteiger partial charge < -0.3 is 5.11 Å². The number of hydrogen-bond donors (Lipinski definition) is 1. The van der Waals surface area contributed by atoms with Gasteiger partial charge in [0.15, 0.2) is 5.78 Å². The second-order valence-electron chi connectivity index (χ2n) is 5.44. The molecule has 1 N–H and O–H groups in total. The molecule has 0 aliphatic heterocycles. The van der Waals surface area contributed by atoms with Crippen LogP contribution in [0.25, 0.3) is 6.08 Å². The number of benzene rings is 2. The Morgan fingerprint density at radius 2 is 1.64 bits per heavy atom. The third kappa shape index (κ3) is 4.40. The third-order valence-corrected chi connectivity index (χ3v) is 5.29. The summed E-state index contributed by atoms with van der Waals surface area (Å²) < 4.78 is 25.3. The van der Waals surface area contributed by atoms with Gasteiger partial charge in [-0.25, -0.2) is 17.5 Å². The Bertz CT molecular complexity index is 928. The minimum Gasteiger partial charge on any atom is -0.478 e. The van der Waals surface area contributed by atoms with Crippen molar-refractivity contribution in [3.05, 3.63) is 71.3 Å². The van der Waals surface area contributed by atoms with Crippen molar-refractivity contribution in [1.82, 2.24) is 4.31 Å². The largest absolute Gasteiger partial charge is 0.478 e. The Labute approximate surface area is 146 Å². The molecule has 6 nitrogen and oxygen atoms in total. The molecule has 0 aromatic heterocycles. The number of nitrogens with zero attached hydrogens (tertiary/aromatic N) is 1. The third-order valence-electron chi connectivity index (χ3n) is 3.48. The molecule has 2 aromatic rings. The van der Waals surface area contributed by atoms with E-state index >= 15 is 0 Å². The second kappa shape index (κ2) is 7.42. The highest BCUT2D eigenvalue weighted by atomic mass is 32.2. The number of rotatable bonds is 6. The molecule has 130 valence electrons. The molecule has 2 rings (SSSR count). The van der Waals surface area contributed by atoms with Crippen LogP contribution in [0.4, 0.5) is 0 Å². The van der Waals surface area contributed by atoms with Gasteiger partial charge in [-0.1, -0.05) is 30.3 Å². The predicted molar refractivity (Wildman–Crippen MR) is 94.1 cm³/mol. The summed E-state index contributed by atoms with van der Waals surface area (Å²) in [5.41, 5.74) is 1.07. The second-order valence-corrected chi connectivity index (χ2v) is 7.59. The summed E-state index contributed by atoms with van der Waals surface area (Å²) in [7, 11) is -0.769.